The number of hydrogen-bond donors (Lipinski definition) is 1. The normalized spacial score (nSPS) is 16.6. The number of alkyl halides is 6. The molecule has 0 saturated carbocycles. The third-order valence-corrected chi connectivity index (χ3v) is 1.21. The van der Waals surface area contributed by atoms with Gasteiger partial charge in [0.15, 0.2) is 6.79 Å². The van der Waals surface area contributed by atoms with Crippen molar-refractivity contribution in [1.82, 2.24) is 0 Å². The summed E-state index contributed by atoms with van der Waals surface area (Å²) in [5.74, 6) is -2.87. The Morgan fingerprint density at radius 3 is 1.93 bits per heavy atom. The number of halogens is 6. The van der Waals surface area contributed by atoms with Crippen molar-refractivity contribution in [3.63, 3.8) is 0 Å². The fourth-order valence-electron chi connectivity index (χ4n) is 0.492. The fourth-order valence-corrected chi connectivity index (χ4v) is 0.492. The molecule has 0 amide bonds. The highest BCUT2D eigenvalue weighted by atomic mass is 19.4. The van der Waals surface area contributed by atoms with Crippen LogP contribution in [0.1, 0.15) is 0 Å². The monoisotopic (exact) mass is 226 g/mol. The van der Waals surface area contributed by atoms with E-state index >= 15 is 0 Å². The number of hydrogen-bond acceptors (Lipinski definition) is 3. The molecule has 0 fully saturated rings. The molecule has 1 atom stereocenters. The molecule has 84 valence electrons. The van der Waals surface area contributed by atoms with E-state index < -0.39 is 31.0 Å². The molecule has 1 unspecified atom stereocenters. The SMILES string of the molecule is O=C(OCO)C(F)(C(F)F)C(F)(F)F. The van der Waals surface area contributed by atoms with Crippen LogP contribution in [0.15, 0.2) is 0 Å². The van der Waals surface area contributed by atoms with E-state index in [2.05, 4.69) is 4.74 Å². The number of aliphatic hydroxyl groups is 1. The molecule has 0 saturated heterocycles. The van der Waals surface area contributed by atoms with Crippen molar-refractivity contribution >= 4 is 5.97 Å². The van der Waals surface area contributed by atoms with Gasteiger partial charge in [-0.05, 0) is 0 Å². The van der Waals surface area contributed by atoms with Gasteiger partial charge in [0.05, 0.1) is 0 Å². The number of carbonyl (C=O) groups excluding carboxylic acids is 1. The molecule has 0 radical (unpaired) electrons. The lowest BCUT2D eigenvalue weighted by Gasteiger charge is -2.24. The lowest BCUT2D eigenvalue weighted by molar-refractivity contribution is -0.270. The van der Waals surface area contributed by atoms with Crippen LogP contribution in [0, 0.1) is 0 Å². The Bertz CT molecular complexity index is 214. The minimum atomic E-state index is -6.10. The summed E-state index contributed by atoms with van der Waals surface area (Å²) < 4.78 is 74.1. The van der Waals surface area contributed by atoms with Gasteiger partial charge in [-0.3, -0.25) is 0 Å². The first kappa shape index (κ1) is 13.0. The maximum Gasteiger partial charge on any atom is 0.439 e. The second kappa shape index (κ2) is 4.03. The third kappa shape index (κ3) is 2.08. The highest BCUT2D eigenvalue weighted by Gasteiger charge is 2.69. The van der Waals surface area contributed by atoms with Crippen molar-refractivity contribution in [3.05, 3.63) is 0 Å². The first-order chi connectivity index (χ1) is 6.17. The van der Waals surface area contributed by atoms with E-state index in [4.69, 9.17) is 5.11 Å². The molecule has 14 heavy (non-hydrogen) atoms. The molecular weight excluding hydrogens is 222 g/mol. The molecule has 0 aliphatic rings. The van der Waals surface area contributed by atoms with E-state index in [0.29, 0.717) is 0 Å². The van der Waals surface area contributed by atoms with Gasteiger partial charge in [-0.2, -0.15) is 13.2 Å². The molecule has 0 aliphatic heterocycles. The fraction of sp³-hybridized carbons (Fsp3) is 0.800. The quantitative estimate of drug-likeness (QED) is 0.444. The summed E-state index contributed by atoms with van der Waals surface area (Å²) in [5.41, 5.74) is -5.41. The van der Waals surface area contributed by atoms with Crippen molar-refractivity contribution in [2.45, 2.75) is 18.3 Å². The van der Waals surface area contributed by atoms with E-state index in [0.717, 1.165) is 0 Å². The van der Waals surface area contributed by atoms with Crippen LogP contribution < -0.4 is 0 Å². The molecular formula is C5H4F6O3. The summed E-state index contributed by atoms with van der Waals surface area (Å²) >= 11 is 0. The molecule has 0 aliphatic carbocycles. The van der Waals surface area contributed by atoms with E-state index in [1.54, 1.807) is 0 Å². The summed E-state index contributed by atoms with van der Waals surface area (Å²) in [6.45, 7) is -1.62. The van der Waals surface area contributed by atoms with Gasteiger partial charge in [0, 0.05) is 0 Å². The molecule has 0 aromatic carbocycles. The van der Waals surface area contributed by atoms with Gasteiger partial charge >= 0.3 is 17.8 Å². The highest BCUT2D eigenvalue weighted by molar-refractivity contribution is 5.81. The Kier molecular flexibility index (Phi) is 3.74. The summed E-state index contributed by atoms with van der Waals surface area (Å²) in [7, 11) is 0. The van der Waals surface area contributed by atoms with Gasteiger partial charge in [0.1, 0.15) is 0 Å². The van der Waals surface area contributed by atoms with E-state index in [1.807, 2.05) is 0 Å². The Balaban J connectivity index is 5.01. The lowest BCUT2D eigenvalue weighted by atomic mass is 10.1. The van der Waals surface area contributed by atoms with Crippen LogP contribution >= 0.6 is 0 Å². The smallest absolute Gasteiger partial charge is 0.436 e. The zero-order chi connectivity index (χ0) is 11.6. The molecule has 0 bridgehead atoms. The summed E-state index contributed by atoms with van der Waals surface area (Å²) in [6.07, 6.45) is -10.7. The molecule has 0 aromatic heterocycles. The predicted molar refractivity (Wildman–Crippen MR) is 29.1 cm³/mol. The minimum Gasteiger partial charge on any atom is -0.436 e. The standard InChI is InChI=1S/C5H4F6O3/c6-2(7)4(8,5(9,10)11)3(13)14-1-12/h2,12H,1H2. The van der Waals surface area contributed by atoms with Gasteiger partial charge in [-0.15, -0.1) is 0 Å². The molecule has 0 spiro atoms. The van der Waals surface area contributed by atoms with Crippen LogP contribution in [0.2, 0.25) is 0 Å². The molecule has 0 rings (SSSR count). The molecule has 0 heterocycles. The predicted octanol–water partition coefficient (Wildman–Crippen LogP) is 1.02. The maximum atomic E-state index is 12.5. The highest BCUT2D eigenvalue weighted by Crippen LogP contribution is 2.39. The Morgan fingerprint density at radius 2 is 1.71 bits per heavy atom. The summed E-state index contributed by atoms with van der Waals surface area (Å²) in [4.78, 5) is 10.2. The van der Waals surface area contributed by atoms with Crippen molar-refractivity contribution in [2.24, 2.45) is 0 Å². The Morgan fingerprint density at radius 1 is 1.29 bits per heavy atom. The molecule has 3 nitrogen and oxygen atoms in total. The van der Waals surface area contributed by atoms with E-state index in [9.17, 15) is 31.1 Å². The lowest BCUT2D eigenvalue weighted by Crippen LogP contribution is -2.54. The first-order valence-corrected chi connectivity index (χ1v) is 2.99. The number of aliphatic hydroxyl groups excluding tert-OH is 1. The van der Waals surface area contributed by atoms with E-state index in [-0.39, 0.29) is 0 Å². The topological polar surface area (TPSA) is 46.5 Å². The maximum absolute atomic E-state index is 12.5. The zero-order valence-corrected chi connectivity index (χ0v) is 6.32. The van der Waals surface area contributed by atoms with Crippen LogP contribution in [-0.2, 0) is 9.53 Å². The first-order valence-electron chi connectivity index (χ1n) is 2.99. The second-order valence-electron chi connectivity index (χ2n) is 2.07. The molecule has 1 N–H and O–H groups in total. The average molecular weight is 226 g/mol. The summed E-state index contributed by atoms with van der Waals surface area (Å²) in [5, 5.41) is 7.83. The number of carbonyl (C=O) groups is 1. The van der Waals surface area contributed by atoms with Crippen LogP contribution in [0.25, 0.3) is 0 Å². The van der Waals surface area contributed by atoms with Gasteiger partial charge in [-0.25, -0.2) is 18.0 Å². The van der Waals surface area contributed by atoms with Gasteiger partial charge in [0.25, 0.3) is 6.43 Å². The number of rotatable bonds is 3. The minimum absolute atomic E-state index is 1.62. The third-order valence-electron chi connectivity index (χ3n) is 1.21. The number of ether oxygens (including phenoxy) is 1. The van der Waals surface area contributed by atoms with Crippen molar-refractivity contribution in [3.8, 4) is 0 Å². The van der Waals surface area contributed by atoms with Crippen LogP contribution in [0.3, 0.4) is 0 Å². The molecule has 9 heteroatoms. The Hall–Kier alpha value is -0.990. The number of esters is 1. The van der Waals surface area contributed by atoms with Crippen LogP contribution in [0.4, 0.5) is 26.3 Å². The van der Waals surface area contributed by atoms with Crippen molar-refractivity contribution in [1.29, 1.82) is 0 Å². The second-order valence-corrected chi connectivity index (χ2v) is 2.07. The van der Waals surface area contributed by atoms with Crippen LogP contribution in [0.5, 0.6) is 0 Å². The van der Waals surface area contributed by atoms with E-state index in [1.165, 1.54) is 0 Å². The Labute approximate surface area is 73.3 Å². The van der Waals surface area contributed by atoms with Gasteiger partial charge in [0.2, 0.25) is 0 Å². The molecule has 0 aromatic rings. The van der Waals surface area contributed by atoms with Crippen LogP contribution in [-0.4, -0.2) is 36.1 Å². The van der Waals surface area contributed by atoms with Crippen molar-refractivity contribution < 1.29 is 41.0 Å². The summed E-state index contributed by atoms with van der Waals surface area (Å²) in [6, 6.07) is 0. The van der Waals surface area contributed by atoms with Crippen molar-refractivity contribution in [2.75, 3.05) is 6.79 Å². The van der Waals surface area contributed by atoms with Gasteiger partial charge < -0.3 is 9.84 Å². The average Bonchev–Trinajstić information content (AvgIpc) is 2.00. The zero-order valence-electron chi connectivity index (χ0n) is 6.32. The van der Waals surface area contributed by atoms with Gasteiger partial charge in [-0.1, -0.05) is 0 Å². The largest absolute Gasteiger partial charge is 0.439 e.